The van der Waals surface area contributed by atoms with E-state index in [0.717, 1.165) is 18.2 Å². The molecular formula is C15H16N2O3. The minimum atomic E-state index is -0.580. The molecule has 2 aromatic rings. The summed E-state index contributed by atoms with van der Waals surface area (Å²) in [6.45, 7) is 1.18. The van der Waals surface area contributed by atoms with Gasteiger partial charge in [-0.15, -0.1) is 0 Å². The Hall–Kier alpha value is -2.14. The molecule has 3 rings (SSSR count). The molecule has 1 aromatic carbocycles. The third-order valence-corrected chi connectivity index (χ3v) is 3.70. The van der Waals surface area contributed by atoms with Crippen molar-refractivity contribution < 1.29 is 9.21 Å². The predicted octanol–water partition coefficient (Wildman–Crippen LogP) is 1.36. The fourth-order valence-electron chi connectivity index (χ4n) is 2.48. The zero-order valence-electron chi connectivity index (χ0n) is 11.0. The molecule has 0 spiro atoms. The summed E-state index contributed by atoms with van der Waals surface area (Å²) in [7, 11) is 0. The minimum Gasteiger partial charge on any atom is -0.422 e. The topological polar surface area (TPSA) is 76.5 Å². The van der Waals surface area contributed by atoms with Crippen molar-refractivity contribution in [2.45, 2.75) is 18.9 Å². The van der Waals surface area contributed by atoms with Crippen LogP contribution in [-0.4, -0.2) is 29.9 Å². The van der Waals surface area contributed by atoms with E-state index < -0.39 is 5.63 Å². The van der Waals surface area contributed by atoms with E-state index in [-0.39, 0.29) is 17.5 Å². The van der Waals surface area contributed by atoms with Gasteiger partial charge in [0.25, 0.3) is 5.91 Å². The molecule has 0 unspecified atom stereocenters. The van der Waals surface area contributed by atoms with E-state index in [0.29, 0.717) is 18.7 Å². The number of carbonyl (C=O) groups is 1. The standard InChI is InChI=1S/C15H16N2O3/c16-11-5-7-17(8-6-11)14(18)12-9-10-3-1-2-4-13(10)20-15(12)19/h1-4,9,11H,5-8,16H2. The summed E-state index contributed by atoms with van der Waals surface area (Å²) in [5.74, 6) is -0.267. The Morgan fingerprint density at radius 3 is 2.70 bits per heavy atom. The molecule has 1 aromatic heterocycles. The highest BCUT2D eigenvalue weighted by Gasteiger charge is 2.24. The summed E-state index contributed by atoms with van der Waals surface area (Å²) in [6, 6.07) is 8.92. The maximum Gasteiger partial charge on any atom is 0.349 e. The van der Waals surface area contributed by atoms with Crippen molar-refractivity contribution in [2.75, 3.05) is 13.1 Å². The second-order valence-electron chi connectivity index (χ2n) is 5.11. The second-order valence-corrected chi connectivity index (χ2v) is 5.11. The van der Waals surface area contributed by atoms with Crippen LogP contribution in [0.2, 0.25) is 0 Å². The molecule has 0 saturated carbocycles. The fourth-order valence-corrected chi connectivity index (χ4v) is 2.48. The van der Waals surface area contributed by atoms with Crippen LogP contribution in [0, 0.1) is 0 Å². The van der Waals surface area contributed by atoms with Crippen molar-refractivity contribution in [2.24, 2.45) is 5.73 Å². The van der Waals surface area contributed by atoms with Crippen molar-refractivity contribution in [1.29, 1.82) is 0 Å². The molecule has 2 N–H and O–H groups in total. The number of amides is 1. The SMILES string of the molecule is NC1CCN(C(=O)c2cc3ccccc3oc2=O)CC1. The van der Waals surface area contributed by atoms with Crippen molar-refractivity contribution in [3.63, 3.8) is 0 Å². The van der Waals surface area contributed by atoms with Gasteiger partial charge in [0.1, 0.15) is 11.1 Å². The average molecular weight is 272 g/mol. The van der Waals surface area contributed by atoms with Crippen LogP contribution in [0.4, 0.5) is 0 Å². The largest absolute Gasteiger partial charge is 0.422 e. The first kappa shape index (κ1) is 12.9. The Labute approximate surface area is 116 Å². The summed E-state index contributed by atoms with van der Waals surface area (Å²) in [6.07, 6.45) is 1.54. The number of likely N-dealkylation sites (tertiary alicyclic amines) is 1. The molecule has 1 amide bonds. The molecule has 0 bridgehead atoms. The molecule has 20 heavy (non-hydrogen) atoms. The van der Waals surface area contributed by atoms with Crippen LogP contribution in [0.1, 0.15) is 23.2 Å². The van der Waals surface area contributed by atoms with Crippen LogP contribution in [0.5, 0.6) is 0 Å². The molecule has 5 nitrogen and oxygen atoms in total. The van der Waals surface area contributed by atoms with Gasteiger partial charge >= 0.3 is 5.63 Å². The molecule has 0 aliphatic carbocycles. The molecule has 1 aliphatic rings. The highest BCUT2D eigenvalue weighted by molar-refractivity contribution is 5.96. The number of carbonyl (C=O) groups excluding carboxylic acids is 1. The lowest BCUT2D eigenvalue weighted by Crippen LogP contribution is -2.43. The van der Waals surface area contributed by atoms with E-state index in [1.165, 1.54) is 0 Å². The van der Waals surface area contributed by atoms with Gasteiger partial charge in [0.2, 0.25) is 0 Å². The number of piperidine rings is 1. The zero-order chi connectivity index (χ0) is 14.1. The molecule has 104 valence electrons. The molecular weight excluding hydrogens is 256 g/mol. The van der Waals surface area contributed by atoms with E-state index in [1.807, 2.05) is 12.1 Å². The summed E-state index contributed by atoms with van der Waals surface area (Å²) in [4.78, 5) is 26.0. The smallest absolute Gasteiger partial charge is 0.349 e. The van der Waals surface area contributed by atoms with Crippen LogP contribution in [0.3, 0.4) is 0 Å². The number of nitrogens with two attached hydrogens (primary N) is 1. The van der Waals surface area contributed by atoms with E-state index in [9.17, 15) is 9.59 Å². The first-order chi connectivity index (χ1) is 9.65. The summed E-state index contributed by atoms with van der Waals surface area (Å²) >= 11 is 0. The lowest BCUT2D eigenvalue weighted by atomic mass is 10.1. The number of para-hydroxylation sites is 1. The van der Waals surface area contributed by atoms with Gasteiger partial charge in [0.05, 0.1) is 0 Å². The fraction of sp³-hybridized carbons (Fsp3) is 0.333. The van der Waals surface area contributed by atoms with Crippen LogP contribution in [0.25, 0.3) is 11.0 Å². The molecule has 1 saturated heterocycles. The predicted molar refractivity (Wildman–Crippen MR) is 75.6 cm³/mol. The van der Waals surface area contributed by atoms with Gasteiger partial charge in [-0.05, 0) is 25.0 Å². The van der Waals surface area contributed by atoms with Crippen LogP contribution in [0.15, 0.2) is 39.5 Å². The Morgan fingerprint density at radius 2 is 1.95 bits per heavy atom. The minimum absolute atomic E-state index is 0.0965. The second kappa shape index (κ2) is 5.09. The quantitative estimate of drug-likeness (QED) is 0.795. The lowest BCUT2D eigenvalue weighted by molar-refractivity contribution is 0.0710. The monoisotopic (exact) mass is 272 g/mol. The molecule has 1 aliphatic heterocycles. The number of hydrogen-bond donors (Lipinski definition) is 1. The van der Waals surface area contributed by atoms with Gasteiger partial charge in [-0.3, -0.25) is 4.79 Å². The van der Waals surface area contributed by atoms with E-state index in [4.69, 9.17) is 10.2 Å². The highest BCUT2D eigenvalue weighted by Crippen LogP contribution is 2.16. The summed E-state index contributed by atoms with van der Waals surface area (Å²) in [5.41, 5.74) is 5.83. The number of fused-ring (bicyclic) bond motifs is 1. The zero-order valence-corrected chi connectivity index (χ0v) is 11.0. The van der Waals surface area contributed by atoms with E-state index >= 15 is 0 Å². The highest BCUT2D eigenvalue weighted by atomic mass is 16.4. The van der Waals surface area contributed by atoms with Crippen molar-refractivity contribution >= 4 is 16.9 Å². The van der Waals surface area contributed by atoms with Crippen molar-refractivity contribution in [3.8, 4) is 0 Å². The first-order valence-corrected chi connectivity index (χ1v) is 6.73. The first-order valence-electron chi connectivity index (χ1n) is 6.73. The van der Waals surface area contributed by atoms with Gasteiger partial charge in [0, 0.05) is 24.5 Å². The van der Waals surface area contributed by atoms with Crippen LogP contribution in [-0.2, 0) is 0 Å². The van der Waals surface area contributed by atoms with Gasteiger partial charge in [-0.25, -0.2) is 4.79 Å². The van der Waals surface area contributed by atoms with Crippen molar-refractivity contribution in [3.05, 3.63) is 46.3 Å². The Balaban J connectivity index is 1.95. The molecule has 5 heteroatoms. The van der Waals surface area contributed by atoms with Gasteiger partial charge in [-0.1, -0.05) is 18.2 Å². The molecule has 0 radical (unpaired) electrons. The number of nitrogens with zero attached hydrogens (tertiary/aromatic N) is 1. The normalized spacial score (nSPS) is 16.6. The average Bonchev–Trinajstić information content (AvgIpc) is 2.46. The number of rotatable bonds is 1. The van der Waals surface area contributed by atoms with Crippen LogP contribution < -0.4 is 11.4 Å². The molecule has 1 fully saturated rings. The molecule has 0 atom stereocenters. The van der Waals surface area contributed by atoms with Gasteiger partial charge in [-0.2, -0.15) is 0 Å². The third-order valence-electron chi connectivity index (χ3n) is 3.70. The summed E-state index contributed by atoms with van der Waals surface area (Å²) in [5, 5.41) is 0.754. The van der Waals surface area contributed by atoms with Gasteiger partial charge < -0.3 is 15.1 Å². The maximum absolute atomic E-state index is 12.4. The number of hydrogen-bond acceptors (Lipinski definition) is 4. The van der Waals surface area contributed by atoms with Crippen molar-refractivity contribution in [1.82, 2.24) is 4.90 Å². The maximum atomic E-state index is 12.4. The Morgan fingerprint density at radius 1 is 1.25 bits per heavy atom. The lowest BCUT2D eigenvalue weighted by Gasteiger charge is -2.29. The molecule has 2 heterocycles. The third kappa shape index (κ3) is 2.32. The summed E-state index contributed by atoms with van der Waals surface area (Å²) < 4.78 is 5.20. The van der Waals surface area contributed by atoms with Crippen LogP contribution >= 0.6 is 0 Å². The Bertz CT molecular complexity index is 700. The number of benzene rings is 1. The van der Waals surface area contributed by atoms with Gasteiger partial charge in [0.15, 0.2) is 0 Å². The van der Waals surface area contributed by atoms with E-state index in [2.05, 4.69) is 0 Å². The van der Waals surface area contributed by atoms with E-state index in [1.54, 1.807) is 23.1 Å². The Kier molecular flexibility index (Phi) is 3.28.